The van der Waals surface area contributed by atoms with Crippen molar-refractivity contribution in [3.05, 3.63) is 40.5 Å². The Morgan fingerprint density at radius 1 is 1.35 bits per heavy atom. The topological polar surface area (TPSA) is 47.0 Å². The summed E-state index contributed by atoms with van der Waals surface area (Å²) in [4.78, 5) is 7.60. The summed E-state index contributed by atoms with van der Waals surface area (Å²) in [7, 11) is 0. The van der Waals surface area contributed by atoms with E-state index in [9.17, 15) is 13.2 Å². The van der Waals surface area contributed by atoms with Crippen LogP contribution in [0.15, 0.2) is 34.9 Å². The first-order valence-electron chi connectivity index (χ1n) is 6.93. The highest BCUT2D eigenvalue weighted by Crippen LogP contribution is 2.35. The summed E-state index contributed by atoms with van der Waals surface area (Å²) in [6.45, 7) is 3.50. The number of aromatic nitrogens is 2. The molecule has 1 heterocycles. The van der Waals surface area contributed by atoms with E-state index in [-0.39, 0.29) is 12.1 Å². The highest BCUT2D eigenvalue weighted by atomic mass is 79.9. The molecule has 0 fully saturated rings. The van der Waals surface area contributed by atoms with Gasteiger partial charge in [0.05, 0.1) is 6.10 Å². The van der Waals surface area contributed by atoms with E-state index in [0.29, 0.717) is 12.1 Å². The molecule has 1 aromatic heterocycles. The molecule has 2 aromatic rings. The van der Waals surface area contributed by atoms with E-state index in [1.807, 2.05) is 13.0 Å². The highest BCUT2D eigenvalue weighted by Gasteiger charge is 2.36. The monoisotopic (exact) mass is 389 g/mol. The Morgan fingerprint density at radius 2 is 2.09 bits per heavy atom. The normalized spacial score (nSPS) is 12.8. The molecular weight excluding hydrogens is 375 g/mol. The standard InChI is InChI=1S/C15H15BrF3N3O/c1-3-9(2)23-13-12(15(17,18)19)8-20-14(22-13)21-11-6-4-5-10(16)7-11/h4-9H,3H2,1-2H3,(H,20,21,22). The zero-order valence-electron chi connectivity index (χ0n) is 12.5. The first-order chi connectivity index (χ1) is 10.8. The third-order valence-corrected chi connectivity index (χ3v) is 3.52. The van der Waals surface area contributed by atoms with Gasteiger partial charge in [0.25, 0.3) is 0 Å². The van der Waals surface area contributed by atoms with Gasteiger partial charge in [0.2, 0.25) is 11.8 Å². The first-order valence-corrected chi connectivity index (χ1v) is 7.72. The number of anilines is 2. The summed E-state index contributed by atoms with van der Waals surface area (Å²) >= 11 is 3.32. The second-order valence-electron chi connectivity index (χ2n) is 4.88. The van der Waals surface area contributed by atoms with Gasteiger partial charge in [-0.2, -0.15) is 18.2 Å². The lowest BCUT2D eigenvalue weighted by molar-refractivity contribution is -0.139. The third kappa shape index (κ3) is 4.82. The fourth-order valence-electron chi connectivity index (χ4n) is 1.68. The molecule has 4 nitrogen and oxygen atoms in total. The summed E-state index contributed by atoms with van der Waals surface area (Å²) < 4.78 is 45.2. The van der Waals surface area contributed by atoms with Crippen molar-refractivity contribution in [1.29, 1.82) is 0 Å². The molecule has 23 heavy (non-hydrogen) atoms. The lowest BCUT2D eigenvalue weighted by atomic mass is 10.3. The molecule has 1 atom stereocenters. The van der Waals surface area contributed by atoms with Gasteiger partial charge in [-0.15, -0.1) is 0 Å². The van der Waals surface area contributed by atoms with Crippen LogP contribution in [-0.4, -0.2) is 16.1 Å². The lowest BCUT2D eigenvalue weighted by Gasteiger charge is -2.17. The Hall–Kier alpha value is -1.83. The smallest absolute Gasteiger partial charge is 0.423 e. The molecule has 1 N–H and O–H groups in total. The number of benzene rings is 1. The SMILES string of the molecule is CCC(C)Oc1nc(Nc2cccc(Br)c2)ncc1C(F)(F)F. The van der Waals surface area contributed by atoms with Crippen LogP contribution in [0.5, 0.6) is 5.88 Å². The van der Waals surface area contributed by atoms with Crippen LogP contribution in [0.1, 0.15) is 25.8 Å². The molecule has 0 saturated heterocycles. The van der Waals surface area contributed by atoms with Crippen molar-refractivity contribution in [2.45, 2.75) is 32.5 Å². The van der Waals surface area contributed by atoms with Crippen LogP contribution in [0, 0.1) is 0 Å². The molecule has 1 unspecified atom stereocenters. The molecule has 0 bridgehead atoms. The highest BCUT2D eigenvalue weighted by molar-refractivity contribution is 9.10. The fraction of sp³-hybridized carbons (Fsp3) is 0.333. The van der Waals surface area contributed by atoms with E-state index in [4.69, 9.17) is 4.74 Å². The number of rotatable bonds is 5. The van der Waals surface area contributed by atoms with Crippen molar-refractivity contribution in [3.63, 3.8) is 0 Å². The molecule has 0 saturated carbocycles. The van der Waals surface area contributed by atoms with E-state index in [0.717, 1.165) is 10.7 Å². The number of hydrogen-bond acceptors (Lipinski definition) is 4. The Balaban J connectivity index is 2.33. The molecule has 0 aliphatic carbocycles. The van der Waals surface area contributed by atoms with Crippen LogP contribution in [-0.2, 0) is 6.18 Å². The maximum Gasteiger partial charge on any atom is 0.423 e. The maximum absolute atomic E-state index is 13.0. The Kier molecular flexibility index (Phi) is 5.46. The van der Waals surface area contributed by atoms with E-state index < -0.39 is 17.6 Å². The predicted molar refractivity (Wildman–Crippen MR) is 84.8 cm³/mol. The zero-order valence-corrected chi connectivity index (χ0v) is 14.1. The molecule has 0 aliphatic heterocycles. The summed E-state index contributed by atoms with van der Waals surface area (Å²) in [5.41, 5.74) is -0.341. The third-order valence-electron chi connectivity index (χ3n) is 3.03. The Labute approximate surface area is 140 Å². The molecule has 0 aliphatic rings. The van der Waals surface area contributed by atoms with Crippen LogP contribution in [0.2, 0.25) is 0 Å². The average molecular weight is 390 g/mol. The number of nitrogens with zero attached hydrogens (tertiary/aromatic N) is 2. The molecule has 0 spiro atoms. The number of hydrogen-bond donors (Lipinski definition) is 1. The van der Waals surface area contributed by atoms with Crippen molar-refractivity contribution >= 4 is 27.6 Å². The minimum absolute atomic E-state index is 0.0365. The minimum Gasteiger partial charge on any atom is -0.474 e. The number of alkyl halides is 3. The first kappa shape index (κ1) is 17.5. The van der Waals surface area contributed by atoms with Crippen LogP contribution < -0.4 is 10.1 Å². The number of halogens is 4. The number of nitrogens with one attached hydrogen (secondary N) is 1. The predicted octanol–water partition coefficient (Wildman–Crippen LogP) is 5.18. The quantitative estimate of drug-likeness (QED) is 0.765. The van der Waals surface area contributed by atoms with Gasteiger partial charge >= 0.3 is 6.18 Å². The van der Waals surface area contributed by atoms with E-state index in [2.05, 4.69) is 31.2 Å². The molecular formula is C15H15BrF3N3O. The molecule has 1 aromatic carbocycles. The van der Waals surface area contributed by atoms with Crippen molar-refractivity contribution in [2.24, 2.45) is 0 Å². The number of ether oxygens (including phenoxy) is 1. The molecule has 124 valence electrons. The second-order valence-corrected chi connectivity index (χ2v) is 5.80. The van der Waals surface area contributed by atoms with Crippen molar-refractivity contribution in [1.82, 2.24) is 9.97 Å². The van der Waals surface area contributed by atoms with Gasteiger partial charge < -0.3 is 10.1 Å². The van der Waals surface area contributed by atoms with Crippen LogP contribution >= 0.6 is 15.9 Å². The van der Waals surface area contributed by atoms with Crippen molar-refractivity contribution < 1.29 is 17.9 Å². The van der Waals surface area contributed by atoms with Crippen molar-refractivity contribution in [2.75, 3.05) is 5.32 Å². The largest absolute Gasteiger partial charge is 0.474 e. The minimum atomic E-state index is -4.57. The Morgan fingerprint density at radius 3 is 2.70 bits per heavy atom. The summed E-state index contributed by atoms with van der Waals surface area (Å²) in [6, 6.07) is 7.13. The molecule has 2 rings (SSSR count). The lowest BCUT2D eigenvalue weighted by Crippen LogP contribution is -2.17. The van der Waals surface area contributed by atoms with Gasteiger partial charge in [0, 0.05) is 16.4 Å². The summed E-state index contributed by atoms with van der Waals surface area (Å²) in [6.07, 6.45) is -3.66. The van der Waals surface area contributed by atoms with Crippen LogP contribution in [0.3, 0.4) is 0 Å². The fourth-order valence-corrected chi connectivity index (χ4v) is 2.08. The van der Waals surface area contributed by atoms with Gasteiger partial charge in [0.1, 0.15) is 5.56 Å². The molecule has 0 radical (unpaired) electrons. The Bertz CT molecular complexity index is 679. The van der Waals surface area contributed by atoms with Crippen LogP contribution in [0.4, 0.5) is 24.8 Å². The second kappa shape index (κ2) is 7.16. The van der Waals surface area contributed by atoms with E-state index in [1.54, 1.807) is 25.1 Å². The van der Waals surface area contributed by atoms with E-state index >= 15 is 0 Å². The van der Waals surface area contributed by atoms with Gasteiger partial charge in [-0.1, -0.05) is 28.9 Å². The van der Waals surface area contributed by atoms with Gasteiger partial charge in [-0.05, 0) is 31.5 Å². The van der Waals surface area contributed by atoms with Gasteiger partial charge in [-0.25, -0.2) is 4.98 Å². The maximum atomic E-state index is 13.0. The van der Waals surface area contributed by atoms with Crippen LogP contribution in [0.25, 0.3) is 0 Å². The molecule has 8 heteroatoms. The average Bonchev–Trinajstić information content (AvgIpc) is 2.46. The summed E-state index contributed by atoms with van der Waals surface area (Å²) in [5.74, 6) is -0.436. The summed E-state index contributed by atoms with van der Waals surface area (Å²) in [5, 5.41) is 2.86. The molecule has 0 amide bonds. The van der Waals surface area contributed by atoms with Crippen molar-refractivity contribution in [3.8, 4) is 5.88 Å². The zero-order chi connectivity index (χ0) is 17.0. The van der Waals surface area contributed by atoms with Gasteiger partial charge in [0.15, 0.2) is 0 Å². The van der Waals surface area contributed by atoms with Gasteiger partial charge in [-0.3, -0.25) is 0 Å². The van der Waals surface area contributed by atoms with E-state index in [1.165, 1.54) is 0 Å².